The fourth-order valence-electron chi connectivity index (χ4n) is 1.56. The van der Waals surface area contributed by atoms with Crippen molar-refractivity contribution < 1.29 is 19.8 Å². The minimum absolute atomic E-state index is 0.0106. The summed E-state index contributed by atoms with van der Waals surface area (Å²) >= 11 is 0. The zero-order chi connectivity index (χ0) is 11.1. The molecule has 2 N–H and O–H groups in total. The maximum atomic E-state index is 10.6. The molecule has 0 aromatic heterocycles. The minimum Gasteiger partial charge on any atom is -0.481 e. The zero-order valence-corrected chi connectivity index (χ0v) is 8.69. The average Bonchev–Trinajstić information content (AvgIpc) is 2.02. The SMILES string of the molecule is CCCC(CC(=O)O)CC(C)C(=O)O. The van der Waals surface area contributed by atoms with Crippen molar-refractivity contribution in [3.63, 3.8) is 0 Å². The largest absolute Gasteiger partial charge is 0.481 e. The van der Waals surface area contributed by atoms with Crippen molar-refractivity contribution in [2.45, 2.75) is 39.5 Å². The molecule has 0 aliphatic carbocycles. The molecule has 82 valence electrons. The van der Waals surface area contributed by atoms with Crippen molar-refractivity contribution in [1.82, 2.24) is 0 Å². The monoisotopic (exact) mass is 202 g/mol. The smallest absolute Gasteiger partial charge is 0.306 e. The second-order valence-corrected chi connectivity index (χ2v) is 3.73. The summed E-state index contributed by atoms with van der Waals surface area (Å²) in [7, 11) is 0. The highest BCUT2D eigenvalue weighted by atomic mass is 16.4. The van der Waals surface area contributed by atoms with Gasteiger partial charge in [-0.25, -0.2) is 0 Å². The topological polar surface area (TPSA) is 74.6 Å². The lowest BCUT2D eigenvalue weighted by Gasteiger charge is -2.15. The molecule has 0 amide bonds. The summed E-state index contributed by atoms with van der Waals surface area (Å²) in [6, 6.07) is 0. The third-order valence-electron chi connectivity index (χ3n) is 2.27. The van der Waals surface area contributed by atoms with E-state index in [4.69, 9.17) is 10.2 Å². The summed E-state index contributed by atoms with van der Waals surface area (Å²) < 4.78 is 0. The first-order chi connectivity index (χ1) is 6.47. The maximum absolute atomic E-state index is 10.6. The zero-order valence-electron chi connectivity index (χ0n) is 8.69. The van der Waals surface area contributed by atoms with Gasteiger partial charge in [0.25, 0.3) is 0 Å². The Hall–Kier alpha value is -1.06. The average molecular weight is 202 g/mol. The molecular formula is C10H18O4. The van der Waals surface area contributed by atoms with E-state index in [1.165, 1.54) is 0 Å². The summed E-state index contributed by atoms with van der Waals surface area (Å²) in [4.78, 5) is 21.1. The molecule has 2 unspecified atom stereocenters. The Bertz CT molecular complexity index is 200. The van der Waals surface area contributed by atoms with Gasteiger partial charge in [-0.05, 0) is 12.3 Å². The van der Waals surface area contributed by atoms with Crippen LogP contribution in [0.25, 0.3) is 0 Å². The van der Waals surface area contributed by atoms with Crippen LogP contribution >= 0.6 is 0 Å². The predicted molar refractivity (Wildman–Crippen MR) is 52.1 cm³/mol. The highest BCUT2D eigenvalue weighted by Crippen LogP contribution is 2.20. The van der Waals surface area contributed by atoms with Crippen molar-refractivity contribution in [1.29, 1.82) is 0 Å². The normalized spacial score (nSPS) is 14.7. The maximum Gasteiger partial charge on any atom is 0.306 e. The van der Waals surface area contributed by atoms with E-state index in [1.54, 1.807) is 6.92 Å². The molecule has 14 heavy (non-hydrogen) atoms. The van der Waals surface area contributed by atoms with Gasteiger partial charge in [-0.3, -0.25) is 9.59 Å². The Balaban J connectivity index is 4.07. The van der Waals surface area contributed by atoms with Crippen LogP contribution in [0.2, 0.25) is 0 Å². The van der Waals surface area contributed by atoms with Crippen LogP contribution in [0.3, 0.4) is 0 Å². The van der Waals surface area contributed by atoms with Gasteiger partial charge < -0.3 is 10.2 Å². The Morgan fingerprint density at radius 2 is 1.86 bits per heavy atom. The first-order valence-corrected chi connectivity index (χ1v) is 4.92. The molecule has 0 aliphatic rings. The number of rotatable bonds is 7. The molecule has 4 heteroatoms. The number of aliphatic carboxylic acids is 2. The first kappa shape index (κ1) is 12.9. The molecule has 0 saturated carbocycles. The van der Waals surface area contributed by atoms with Crippen LogP contribution in [0.15, 0.2) is 0 Å². The molecule has 4 nitrogen and oxygen atoms in total. The Labute approximate surface area is 83.9 Å². The Morgan fingerprint density at radius 1 is 1.29 bits per heavy atom. The second kappa shape index (κ2) is 6.40. The van der Waals surface area contributed by atoms with Crippen LogP contribution in [0.1, 0.15) is 39.5 Å². The molecule has 0 aliphatic heterocycles. The summed E-state index contributed by atoms with van der Waals surface area (Å²) in [5.41, 5.74) is 0. The summed E-state index contributed by atoms with van der Waals surface area (Å²) in [5.74, 6) is -2.16. The van der Waals surface area contributed by atoms with Crippen molar-refractivity contribution >= 4 is 11.9 Å². The van der Waals surface area contributed by atoms with E-state index in [0.29, 0.717) is 6.42 Å². The quantitative estimate of drug-likeness (QED) is 0.662. The molecule has 0 heterocycles. The third kappa shape index (κ3) is 5.56. The molecular weight excluding hydrogens is 184 g/mol. The van der Waals surface area contributed by atoms with Crippen LogP contribution in [-0.4, -0.2) is 22.2 Å². The molecule has 0 rings (SSSR count). The number of hydrogen-bond acceptors (Lipinski definition) is 2. The number of hydrogen-bond donors (Lipinski definition) is 2. The summed E-state index contributed by atoms with van der Waals surface area (Å²) in [6.45, 7) is 3.59. The van der Waals surface area contributed by atoms with Gasteiger partial charge >= 0.3 is 11.9 Å². The van der Waals surface area contributed by atoms with Crippen molar-refractivity contribution in [2.24, 2.45) is 11.8 Å². The van der Waals surface area contributed by atoms with Crippen LogP contribution in [-0.2, 0) is 9.59 Å². The van der Waals surface area contributed by atoms with Crippen molar-refractivity contribution in [2.75, 3.05) is 0 Å². The van der Waals surface area contributed by atoms with E-state index < -0.39 is 17.9 Å². The van der Waals surface area contributed by atoms with Crippen molar-refractivity contribution in [3.05, 3.63) is 0 Å². The number of carbonyl (C=O) groups is 2. The van der Waals surface area contributed by atoms with E-state index in [0.717, 1.165) is 12.8 Å². The fraction of sp³-hybridized carbons (Fsp3) is 0.800. The van der Waals surface area contributed by atoms with E-state index in [2.05, 4.69) is 0 Å². The van der Waals surface area contributed by atoms with Crippen LogP contribution in [0.4, 0.5) is 0 Å². The summed E-state index contributed by atoms with van der Waals surface area (Å²) in [5, 5.41) is 17.3. The lowest BCUT2D eigenvalue weighted by molar-refractivity contribution is -0.143. The predicted octanol–water partition coefficient (Wildman–Crippen LogP) is 1.99. The molecule has 0 aromatic carbocycles. The number of carboxylic acids is 2. The van der Waals surface area contributed by atoms with Gasteiger partial charge in [0.2, 0.25) is 0 Å². The van der Waals surface area contributed by atoms with Gasteiger partial charge in [-0.2, -0.15) is 0 Å². The highest BCUT2D eigenvalue weighted by molar-refractivity contribution is 5.70. The Kier molecular flexibility index (Phi) is 5.92. The molecule has 0 aromatic rings. The van der Waals surface area contributed by atoms with E-state index in [-0.39, 0.29) is 12.3 Å². The standard InChI is InChI=1S/C10H18O4/c1-3-4-8(6-9(11)12)5-7(2)10(13)14/h7-8H,3-6H2,1-2H3,(H,11,12)(H,13,14). The van der Waals surface area contributed by atoms with Crippen LogP contribution < -0.4 is 0 Å². The van der Waals surface area contributed by atoms with E-state index in [1.807, 2.05) is 6.92 Å². The fourth-order valence-corrected chi connectivity index (χ4v) is 1.56. The van der Waals surface area contributed by atoms with E-state index in [9.17, 15) is 9.59 Å². The third-order valence-corrected chi connectivity index (χ3v) is 2.27. The lowest BCUT2D eigenvalue weighted by atomic mass is 9.90. The van der Waals surface area contributed by atoms with Crippen LogP contribution in [0, 0.1) is 11.8 Å². The molecule has 0 bridgehead atoms. The van der Waals surface area contributed by atoms with Gasteiger partial charge in [-0.15, -0.1) is 0 Å². The minimum atomic E-state index is -0.850. The Morgan fingerprint density at radius 3 is 2.21 bits per heavy atom. The van der Waals surface area contributed by atoms with Gasteiger partial charge in [0.05, 0.1) is 5.92 Å². The van der Waals surface area contributed by atoms with E-state index >= 15 is 0 Å². The molecule has 0 radical (unpaired) electrons. The molecule has 0 fully saturated rings. The van der Waals surface area contributed by atoms with Gasteiger partial charge in [-0.1, -0.05) is 26.7 Å². The van der Waals surface area contributed by atoms with Gasteiger partial charge in [0.15, 0.2) is 0 Å². The molecule has 0 spiro atoms. The summed E-state index contributed by atoms with van der Waals surface area (Å²) in [6.07, 6.45) is 2.20. The van der Waals surface area contributed by atoms with Crippen LogP contribution in [0.5, 0.6) is 0 Å². The molecule has 2 atom stereocenters. The van der Waals surface area contributed by atoms with Gasteiger partial charge in [0, 0.05) is 6.42 Å². The van der Waals surface area contributed by atoms with Gasteiger partial charge in [0.1, 0.15) is 0 Å². The number of carboxylic acid groups (broad SMARTS) is 2. The lowest BCUT2D eigenvalue weighted by Crippen LogP contribution is -2.17. The second-order valence-electron chi connectivity index (χ2n) is 3.73. The van der Waals surface area contributed by atoms with Crippen molar-refractivity contribution in [3.8, 4) is 0 Å². The molecule has 0 saturated heterocycles. The first-order valence-electron chi connectivity index (χ1n) is 4.92. The highest BCUT2D eigenvalue weighted by Gasteiger charge is 2.19.